The van der Waals surface area contributed by atoms with Crippen LogP contribution in [0.5, 0.6) is 0 Å². The second kappa shape index (κ2) is 7.25. The lowest BCUT2D eigenvalue weighted by Gasteiger charge is -2.37. The van der Waals surface area contributed by atoms with Crippen molar-refractivity contribution in [3.8, 4) is 0 Å². The first-order chi connectivity index (χ1) is 11.9. The van der Waals surface area contributed by atoms with Crippen LogP contribution in [0.1, 0.15) is 38.5 Å². The quantitative estimate of drug-likeness (QED) is 0.799. The van der Waals surface area contributed by atoms with Crippen molar-refractivity contribution < 1.29 is 17.9 Å². The monoisotopic (exact) mass is 385 g/mol. The highest BCUT2D eigenvalue weighted by atomic mass is 35.5. The lowest BCUT2D eigenvalue weighted by Crippen LogP contribution is -2.54. The molecule has 25 heavy (non-hydrogen) atoms. The summed E-state index contributed by atoms with van der Waals surface area (Å²) in [5.41, 5.74) is 0. The molecule has 1 amide bonds. The van der Waals surface area contributed by atoms with Crippen LogP contribution in [0, 0.1) is 0 Å². The number of amides is 1. The normalized spacial score (nSPS) is 21.4. The van der Waals surface area contributed by atoms with Crippen LogP contribution >= 0.6 is 11.6 Å². The third-order valence-electron chi connectivity index (χ3n) is 5.50. The molecule has 2 fully saturated rings. The van der Waals surface area contributed by atoms with E-state index < -0.39 is 14.6 Å². The molecule has 138 valence electrons. The zero-order valence-corrected chi connectivity index (χ0v) is 16.0. The van der Waals surface area contributed by atoms with E-state index in [1.165, 1.54) is 12.1 Å². The number of benzene rings is 1. The summed E-state index contributed by atoms with van der Waals surface area (Å²) in [6.45, 7) is 1.10. The molecule has 1 aromatic carbocycles. The van der Waals surface area contributed by atoms with Crippen molar-refractivity contribution >= 4 is 27.3 Å². The lowest BCUT2D eigenvalue weighted by molar-refractivity contribution is -0.136. The van der Waals surface area contributed by atoms with E-state index in [2.05, 4.69) is 0 Å². The molecule has 2 aliphatic rings. The molecule has 1 saturated heterocycles. The number of sulfone groups is 1. The Morgan fingerprint density at radius 1 is 1.16 bits per heavy atom. The first-order valence-electron chi connectivity index (χ1n) is 8.73. The summed E-state index contributed by atoms with van der Waals surface area (Å²) in [5, 5.41) is 0.479. The molecule has 5 nitrogen and oxygen atoms in total. The van der Waals surface area contributed by atoms with Gasteiger partial charge in [-0.25, -0.2) is 8.42 Å². The third-order valence-corrected chi connectivity index (χ3v) is 8.26. The number of piperidine rings is 1. The van der Waals surface area contributed by atoms with Gasteiger partial charge in [-0.2, -0.15) is 0 Å². The molecule has 1 aliphatic heterocycles. The first-order valence-corrected chi connectivity index (χ1v) is 10.6. The molecular formula is C18H24ClNO4S. The number of rotatable bonds is 4. The van der Waals surface area contributed by atoms with Gasteiger partial charge in [0, 0.05) is 25.2 Å². The van der Waals surface area contributed by atoms with Crippen molar-refractivity contribution in [2.45, 2.75) is 54.3 Å². The SMILES string of the molecule is COC1CCN(C(=O)C2(S(=O)(=O)c3ccc(Cl)cc3)CCCC2)CC1. The number of carbonyl (C=O) groups excluding carboxylic acids is 1. The molecule has 0 unspecified atom stereocenters. The topological polar surface area (TPSA) is 63.7 Å². The summed E-state index contributed by atoms with van der Waals surface area (Å²) < 4.78 is 30.7. The Hall–Kier alpha value is -1.11. The first kappa shape index (κ1) is 18.7. The van der Waals surface area contributed by atoms with Crippen molar-refractivity contribution in [3.63, 3.8) is 0 Å². The highest BCUT2D eigenvalue weighted by Gasteiger charge is 2.54. The molecule has 7 heteroatoms. The molecule has 1 saturated carbocycles. The van der Waals surface area contributed by atoms with Gasteiger partial charge in [0.25, 0.3) is 0 Å². The van der Waals surface area contributed by atoms with Crippen LogP contribution in [0.2, 0.25) is 5.02 Å². The molecule has 0 atom stereocenters. The Morgan fingerprint density at radius 3 is 2.24 bits per heavy atom. The molecule has 1 heterocycles. The molecular weight excluding hydrogens is 362 g/mol. The fourth-order valence-electron chi connectivity index (χ4n) is 3.97. The van der Waals surface area contributed by atoms with Crippen molar-refractivity contribution in [1.82, 2.24) is 4.90 Å². The number of likely N-dealkylation sites (tertiary alicyclic amines) is 1. The maximum Gasteiger partial charge on any atom is 0.244 e. The molecule has 0 spiro atoms. The smallest absolute Gasteiger partial charge is 0.244 e. The predicted molar refractivity (Wildman–Crippen MR) is 96.4 cm³/mol. The van der Waals surface area contributed by atoms with E-state index in [1.807, 2.05) is 0 Å². The van der Waals surface area contributed by atoms with Gasteiger partial charge in [-0.15, -0.1) is 0 Å². The van der Waals surface area contributed by atoms with E-state index in [1.54, 1.807) is 24.1 Å². The number of hydrogen-bond donors (Lipinski definition) is 0. The van der Waals surface area contributed by atoms with Crippen molar-refractivity contribution in [3.05, 3.63) is 29.3 Å². The number of halogens is 1. The standard InChI is InChI=1S/C18H24ClNO4S/c1-24-15-8-12-20(13-9-15)17(21)18(10-2-3-11-18)25(22,23)16-6-4-14(19)5-7-16/h4-7,15H,2-3,8-13H2,1H3. The summed E-state index contributed by atoms with van der Waals surface area (Å²) >= 11 is 5.89. The second-order valence-corrected chi connectivity index (χ2v) is 9.58. The molecule has 3 rings (SSSR count). The maximum absolute atomic E-state index is 13.4. The minimum absolute atomic E-state index is 0.149. The molecule has 0 aromatic heterocycles. The van der Waals surface area contributed by atoms with Gasteiger partial charge >= 0.3 is 0 Å². The minimum atomic E-state index is -3.77. The van der Waals surface area contributed by atoms with Gasteiger partial charge in [-0.1, -0.05) is 24.4 Å². The summed E-state index contributed by atoms with van der Waals surface area (Å²) in [7, 11) is -2.09. The minimum Gasteiger partial charge on any atom is -0.381 e. The third kappa shape index (κ3) is 3.32. The number of hydrogen-bond acceptors (Lipinski definition) is 4. The summed E-state index contributed by atoms with van der Waals surface area (Å²) in [4.78, 5) is 15.2. The Bertz CT molecular complexity index is 718. The van der Waals surface area contributed by atoms with Gasteiger partial charge in [0.1, 0.15) is 0 Å². The summed E-state index contributed by atoms with van der Waals surface area (Å²) in [6.07, 6.45) is 3.94. The Labute approximate surface area is 154 Å². The van der Waals surface area contributed by atoms with Crippen LogP contribution in [0.25, 0.3) is 0 Å². The van der Waals surface area contributed by atoms with Crippen LogP contribution in [-0.4, -0.2) is 50.3 Å². The van der Waals surface area contributed by atoms with Crippen LogP contribution < -0.4 is 0 Å². The van der Waals surface area contributed by atoms with Crippen LogP contribution in [0.15, 0.2) is 29.2 Å². The van der Waals surface area contributed by atoms with Crippen LogP contribution in [-0.2, 0) is 19.4 Å². The average molecular weight is 386 g/mol. The van der Waals surface area contributed by atoms with Crippen LogP contribution in [0.4, 0.5) is 0 Å². The van der Waals surface area contributed by atoms with Gasteiger partial charge in [0.15, 0.2) is 14.6 Å². The second-order valence-electron chi connectivity index (χ2n) is 6.89. The molecule has 0 radical (unpaired) electrons. The number of ether oxygens (including phenoxy) is 1. The number of methoxy groups -OCH3 is 1. The fourth-order valence-corrected chi connectivity index (χ4v) is 6.22. The van der Waals surface area contributed by atoms with E-state index in [0.717, 1.165) is 25.7 Å². The maximum atomic E-state index is 13.4. The highest BCUT2D eigenvalue weighted by Crippen LogP contribution is 2.42. The van der Waals surface area contributed by atoms with Gasteiger partial charge < -0.3 is 9.64 Å². The van der Waals surface area contributed by atoms with Crippen molar-refractivity contribution in [2.24, 2.45) is 0 Å². The summed E-state index contributed by atoms with van der Waals surface area (Å²) in [5.74, 6) is -0.241. The van der Waals surface area contributed by atoms with Crippen molar-refractivity contribution in [2.75, 3.05) is 20.2 Å². The number of carbonyl (C=O) groups is 1. The van der Waals surface area contributed by atoms with E-state index in [0.29, 0.717) is 31.0 Å². The molecule has 0 bridgehead atoms. The summed E-state index contributed by atoms with van der Waals surface area (Å²) in [6, 6.07) is 6.13. The fraction of sp³-hybridized carbons (Fsp3) is 0.611. The molecule has 1 aromatic rings. The molecule has 1 aliphatic carbocycles. The van der Waals surface area contributed by atoms with Crippen molar-refractivity contribution in [1.29, 1.82) is 0 Å². The Morgan fingerprint density at radius 2 is 1.72 bits per heavy atom. The van der Waals surface area contributed by atoms with Gasteiger partial charge in [0.2, 0.25) is 5.91 Å². The average Bonchev–Trinajstić information content (AvgIpc) is 3.13. The van der Waals surface area contributed by atoms with E-state index in [-0.39, 0.29) is 16.9 Å². The van der Waals surface area contributed by atoms with E-state index >= 15 is 0 Å². The number of nitrogens with zero attached hydrogens (tertiary/aromatic N) is 1. The molecule has 0 N–H and O–H groups in total. The van der Waals surface area contributed by atoms with E-state index in [9.17, 15) is 13.2 Å². The highest BCUT2D eigenvalue weighted by molar-refractivity contribution is 7.93. The zero-order chi connectivity index (χ0) is 18.1. The van der Waals surface area contributed by atoms with Gasteiger partial charge in [-0.05, 0) is 49.9 Å². The Balaban J connectivity index is 1.91. The lowest BCUT2D eigenvalue weighted by atomic mass is 10.0. The largest absolute Gasteiger partial charge is 0.381 e. The zero-order valence-electron chi connectivity index (χ0n) is 14.4. The van der Waals surface area contributed by atoms with Gasteiger partial charge in [-0.3, -0.25) is 4.79 Å². The van der Waals surface area contributed by atoms with Crippen LogP contribution in [0.3, 0.4) is 0 Å². The predicted octanol–water partition coefficient (Wildman–Crippen LogP) is 3.06. The van der Waals surface area contributed by atoms with E-state index in [4.69, 9.17) is 16.3 Å². The van der Waals surface area contributed by atoms with Gasteiger partial charge in [0.05, 0.1) is 11.0 Å². The Kier molecular flexibility index (Phi) is 5.42.